The van der Waals surface area contributed by atoms with Gasteiger partial charge in [0.05, 0.1) is 20.3 Å². The molecule has 0 bridgehead atoms. The first-order valence-electron chi connectivity index (χ1n) is 7.13. The lowest BCUT2D eigenvalue weighted by molar-refractivity contribution is -0.127. The van der Waals surface area contributed by atoms with E-state index in [0.717, 1.165) is 11.3 Å². The van der Waals surface area contributed by atoms with Gasteiger partial charge < -0.3 is 25.2 Å². The Kier molecular flexibility index (Phi) is 8.21. The van der Waals surface area contributed by atoms with Crippen molar-refractivity contribution in [3.63, 3.8) is 0 Å². The molecule has 0 unspecified atom stereocenters. The summed E-state index contributed by atoms with van der Waals surface area (Å²) in [6.07, 6.45) is 1.34. The van der Waals surface area contributed by atoms with Crippen molar-refractivity contribution < 1.29 is 19.7 Å². The van der Waals surface area contributed by atoms with Crippen molar-refractivity contribution in [2.24, 2.45) is 0 Å². The van der Waals surface area contributed by atoms with Gasteiger partial charge in [-0.3, -0.25) is 4.79 Å². The fourth-order valence-corrected chi connectivity index (χ4v) is 1.88. The Bertz CT molecular complexity index is 558. The number of aliphatic hydroxyl groups excluding tert-OH is 2. The molecule has 0 saturated heterocycles. The average molecular weight is 319 g/mol. The van der Waals surface area contributed by atoms with E-state index >= 15 is 0 Å². The van der Waals surface area contributed by atoms with E-state index in [-0.39, 0.29) is 31.9 Å². The summed E-state index contributed by atoms with van der Waals surface area (Å²) in [6.45, 7) is 0.115. The average Bonchev–Trinajstić information content (AvgIpc) is 2.58. The summed E-state index contributed by atoms with van der Waals surface area (Å²) in [6, 6.07) is 9.21. The zero-order valence-electron chi connectivity index (χ0n) is 13.0. The first-order valence-corrected chi connectivity index (χ1v) is 7.13. The van der Waals surface area contributed by atoms with Gasteiger partial charge in [0, 0.05) is 25.8 Å². The maximum Gasteiger partial charge on any atom is 0.266 e. The fraction of sp³-hybridized carbons (Fsp3) is 0.375. The number of benzene rings is 1. The standard InChI is InChI=1S/C16H21N3O4/c1-23-15-4-2-13(3-5-15)11-18-12-14(10-17)16(22)19(6-8-20)7-9-21/h2-5,12,18,20-21H,6-9,11H2,1H3/b14-12-. The number of hydrogen-bond acceptors (Lipinski definition) is 6. The Balaban J connectivity index is 2.66. The molecule has 1 aromatic rings. The van der Waals surface area contributed by atoms with Crippen LogP contribution in [0.25, 0.3) is 0 Å². The maximum atomic E-state index is 12.1. The third kappa shape index (κ3) is 5.98. The Hall–Kier alpha value is -2.56. The molecule has 1 aromatic carbocycles. The molecule has 0 heterocycles. The summed E-state index contributed by atoms with van der Waals surface area (Å²) in [5, 5.41) is 29.9. The van der Waals surface area contributed by atoms with E-state index in [1.54, 1.807) is 7.11 Å². The van der Waals surface area contributed by atoms with Crippen LogP contribution in [0.2, 0.25) is 0 Å². The molecule has 0 atom stereocenters. The number of carbonyl (C=O) groups excluding carboxylic acids is 1. The molecule has 7 heteroatoms. The van der Waals surface area contributed by atoms with Gasteiger partial charge in [0.1, 0.15) is 17.4 Å². The van der Waals surface area contributed by atoms with Crippen LogP contribution in [0.15, 0.2) is 36.0 Å². The summed E-state index contributed by atoms with van der Waals surface area (Å²) >= 11 is 0. The van der Waals surface area contributed by atoms with E-state index in [9.17, 15) is 4.79 Å². The fourth-order valence-electron chi connectivity index (χ4n) is 1.88. The van der Waals surface area contributed by atoms with Crippen LogP contribution in [-0.4, -0.2) is 54.4 Å². The summed E-state index contributed by atoms with van der Waals surface area (Å²) in [5.74, 6) is 0.221. The van der Waals surface area contributed by atoms with Crippen molar-refractivity contribution in [2.75, 3.05) is 33.4 Å². The van der Waals surface area contributed by atoms with E-state index in [1.165, 1.54) is 11.1 Å². The molecular formula is C16H21N3O4. The number of nitriles is 1. The molecule has 0 fully saturated rings. The number of ether oxygens (including phenoxy) is 1. The minimum atomic E-state index is -0.530. The Labute approximate surface area is 135 Å². The van der Waals surface area contributed by atoms with Crippen molar-refractivity contribution in [3.8, 4) is 11.8 Å². The number of nitrogens with one attached hydrogen (secondary N) is 1. The zero-order chi connectivity index (χ0) is 17.1. The number of hydrogen-bond donors (Lipinski definition) is 3. The van der Waals surface area contributed by atoms with Crippen LogP contribution in [0.1, 0.15) is 5.56 Å². The molecule has 0 spiro atoms. The minimum Gasteiger partial charge on any atom is -0.497 e. The summed E-state index contributed by atoms with van der Waals surface area (Å²) in [4.78, 5) is 13.4. The van der Waals surface area contributed by atoms with E-state index < -0.39 is 5.91 Å². The van der Waals surface area contributed by atoms with Gasteiger partial charge in [-0.15, -0.1) is 0 Å². The number of aliphatic hydroxyl groups is 2. The Morgan fingerprint density at radius 3 is 2.39 bits per heavy atom. The Morgan fingerprint density at radius 1 is 1.30 bits per heavy atom. The largest absolute Gasteiger partial charge is 0.497 e. The zero-order valence-corrected chi connectivity index (χ0v) is 13.0. The number of amides is 1. The molecule has 124 valence electrons. The quantitative estimate of drug-likeness (QED) is 0.437. The molecule has 23 heavy (non-hydrogen) atoms. The van der Waals surface area contributed by atoms with Gasteiger partial charge in [-0.05, 0) is 17.7 Å². The lowest BCUT2D eigenvalue weighted by Gasteiger charge is -2.20. The van der Waals surface area contributed by atoms with Gasteiger partial charge in [0.15, 0.2) is 0 Å². The topological polar surface area (TPSA) is 106 Å². The lowest BCUT2D eigenvalue weighted by Crippen LogP contribution is -2.37. The molecular weight excluding hydrogens is 298 g/mol. The molecule has 1 rings (SSSR count). The number of nitrogens with zero attached hydrogens (tertiary/aromatic N) is 2. The van der Waals surface area contributed by atoms with Gasteiger partial charge in [-0.1, -0.05) is 12.1 Å². The lowest BCUT2D eigenvalue weighted by atomic mass is 10.2. The van der Waals surface area contributed by atoms with Crippen LogP contribution in [0.5, 0.6) is 5.75 Å². The molecule has 7 nitrogen and oxygen atoms in total. The van der Waals surface area contributed by atoms with Crippen molar-refractivity contribution in [1.82, 2.24) is 10.2 Å². The number of methoxy groups -OCH3 is 1. The van der Waals surface area contributed by atoms with Gasteiger partial charge in [0.25, 0.3) is 5.91 Å². The molecule has 0 radical (unpaired) electrons. The SMILES string of the molecule is COc1ccc(CN/C=C(/C#N)C(=O)N(CCO)CCO)cc1. The number of rotatable bonds is 9. The van der Waals surface area contributed by atoms with Crippen molar-refractivity contribution in [1.29, 1.82) is 5.26 Å². The molecule has 1 amide bonds. The molecule has 3 N–H and O–H groups in total. The van der Waals surface area contributed by atoms with E-state index in [2.05, 4.69) is 5.32 Å². The van der Waals surface area contributed by atoms with Gasteiger partial charge >= 0.3 is 0 Å². The molecule has 0 saturated carbocycles. The van der Waals surface area contributed by atoms with Gasteiger partial charge in [0.2, 0.25) is 0 Å². The normalized spacial score (nSPS) is 10.8. The van der Waals surface area contributed by atoms with E-state index in [0.29, 0.717) is 6.54 Å². The summed E-state index contributed by atoms with van der Waals surface area (Å²) in [5.41, 5.74) is 0.884. The second kappa shape index (κ2) is 10.2. The van der Waals surface area contributed by atoms with Crippen LogP contribution in [-0.2, 0) is 11.3 Å². The molecule has 0 aliphatic rings. The van der Waals surface area contributed by atoms with Crippen molar-refractivity contribution in [2.45, 2.75) is 6.54 Å². The smallest absolute Gasteiger partial charge is 0.266 e. The Morgan fingerprint density at radius 2 is 1.91 bits per heavy atom. The third-order valence-electron chi connectivity index (χ3n) is 3.09. The highest BCUT2D eigenvalue weighted by Gasteiger charge is 2.17. The van der Waals surface area contributed by atoms with E-state index in [4.69, 9.17) is 20.2 Å². The van der Waals surface area contributed by atoms with Crippen molar-refractivity contribution >= 4 is 5.91 Å². The highest BCUT2D eigenvalue weighted by molar-refractivity contribution is 5.97. The summed E-state index contributed by atoms with van der Waals surface area (Å²) in [7, 11) is 1.59. The van der Waals surface area contributed by atoms with Crippen LogP contribution in [0.4, 0.5) is 0 Å². The van der Waals surface area contributed by atoms with Gasteiger partial charge in [-0.25, -0.2) is 0 Å². The first kappa shape index (κ1) is 18.5. The monoisotopic (exact) mass is 319 g/mol. The van der Waals surface area contributed by atoms with Crippen molar-refractivity contribution in [3.05, 3.63) is 41.6 Å². The minimum absolute atomic E-state index is 0.0664. The highest BCUT2D eigenvalue weighted by Crippen LogP contribution is 2.11. The third-order valence-corrected chi connectivity index (χ3v) is 3.09. The second-order valence-electron chi connectivity index (χ2n) is 4.64. The van der Waals surface area contributed by atoms with Crippen LogP contribution < -0.4 is 10.1 Å². The predicted molar refractivity (Wildman–Crippen MR) is 84.3 cm³/mol. The second-order valence-corrected chi connectivity index (χ2v) is 4.64. The van der Waals surface area contributed by atoms with Crippen LogP contribution in [0, 0.1) is 11.3 Å². The van der Waals surface area contributed by atoms with Gasteiger partial charge in [-0.2, -0.15) is 5.26 Å². The van der Waals surface area contributed by atoms with E-state index in [1.807, 2.05) is 30.3 Å². The molecule has 0 aliphatic carbocycles. The molecule has 0 aliphatic heterocycles. The number of carbonyl (C=O) groups is 1. The first-order chi connectivity index (χ1) is 11.2. The summed E-state index contributed by atoms with van der Waals surface area (Å²) < 4.78 is 5.07. The maximum absolute atomic E-state index is 12.1. The molecule has 0 aromatic heterocycles. The highest BCUT2D eigenvalue weighted by atomic mass is 16.5. The van der Waals surface area contributed by atoms with Crippen LogP contribution in [0.3, 0.4) is 0 Å². The predicted octanol–water partition coefficient (Wildman–Crippen LogP) is 0.00548. The van der Waals surface area contributed by atoms with Crippen LogP contribution >= 0.6 is 0 Å².